The van der Waals surface area contributed by atoms with Gasteiger partial charge < -0.3 is 4.98 Å². The molecule has 0 radical (unpaired) electrons. The van der Waals surface area contributed by atoms with Crippen LogP contribution in [0.4, 0.5) is 8.78 Å². The lowest BCUT2D eigenvalue weighted by Crippen LogP contribution is -2.34. The van der Waals surface area contributed by atoms with E-state index < -0.39 is 5.92 Å². The number of nitrogens with zero attached hydrogens (tertiary/aromatic N) is 1. The zero-order chi connectivity index (χ0) is 11.3. The third-order valence-electron chi connectivity index (χ3n) is 2.94. The van der Waals surface area contributed by atoms with Crippen LogP contribution in [0, 0.1) is 0 Å². The second kappa shape index (κ2) is 3.26. The molecule has 1 N–H and O–H groups in total. The Bertz CT molecular complexity index is 542. The summed E-state index contributed by atoms with van der Waals surface area (Å²) in [6.45, 7) is 0. The summed E-state index contributed by atoms with van der Waals surface area (Å²) >= 11 is 3.36. The van der Waals surface area contributed by atoms with E-state index in [1.165, 1.54) is 0 Å². The van der Waals surface area contributed by atoms with Gasteiger partial charge in [-0.3, -0.25) is 0 Å². The van der Waals surface area contributed by atoms with E-state index in [0.29, 0.717) is 5.82 Å². The van der Waals surface area contributed by atoms with E-state index in [2.05, 4.69) is 25.9 Å². The highest BCUT2D eigenvalue weighted by molar-refractivity contribution is 9.10. The number of halogens is 3. The first-order chi connectivity index (χ1) is 7.53. The Hall–Kier alpha value is -0.970. The van der Waals surface area contributed by atoms with Crippen molar-refractivity contribution < 1.29 is 8.78 Å². The van der Waals surface area contributed by atoms with Gasteiger partial charge in [-0.15, -0.1) is 0 Å². The second-order valence-corrected chi connectivity index (χ2v) is 5.16. The van der Waals surface area contributed by atoms with Crippen molar-refractivity contribution in [1.82, 2.24) is 9.97 Å². The van der Waals surface area contributed by atoms with Crippen molar-refractivity contribution in [2.45, 2.75) is 24.7 Å². The molecule has 16 heavy (non-hydrogen) atoms. The first kappa shape index (κ1) is 10.2. The molecule has 0 spiro atoms. The number of imidazole rings is 1. The number of fused-ring (bicyclic) bond motifs is 1. The van der Waals surface area contributed by atoms with Crippen molar-refractivity contribution in [1.29, 1.82) is 0 Å². The molecule has 84 valence electrons. The average molecular weight is 287 g/mol. The second-order valence-electron chi connectivity index (χ2n) is 4.24. The smallest absolute Gasteiger partial charge is 0.249 e. The van der Waals surface area contributed by atoms with Gasteiger partial charge in [0.1, 0.15) is 5.82 Å². The number of aromatic amines is 1. The van der Waals surface area contributed by atoms with Crippen LogP contribution in [-0.2, 0) is 0 Å². The molecule has 1 aromatic carbocycles. The van der Waals surface area contributed by atoms with E-state index in [9.17, 15) is 8.78 Å². The summed E-state index contributed by atoms with van der Waals surface area (Å²) in [5, 5.41) is 0. The van der Waals surface area contributed by atoms with Crippen molar-refractivity contribution in [2.24, 2.45) is 0 Å². The Morgan fingerprint density at radius 1 is 1.38 bits per heavy atom. The Kier molecular flexibility index (Phi) is 2.08. The van der Waals surface area contributed by atoms with Gasteiger partial charge in [-0.05, 0) is 18.2 Å². The average Bonchev–Trinajstić information content (AvgIpc) is 2.56. The molecule has 1 aromatic heterocycles. The summed E-state index contributed by atoms with van der Waals surface area (Å²) in [6, 6.07) is 5.67. The van der Waals surface area contributed by atoms with E-state index in [1.54, 1.807) is 0 Å². The maximum atomic E-state index is 12.7. The molecule has 0 bridgehead atoms. The van der Waals surface area contributed by atoms with E-state index in [0.717, 1.165) is 15.5 Å². The minimum atomic E-state index is -2.50. The van der Waals surface area contributed by atoms with Gasteiger partial charge in [-0.25, -0.2) is 13.8 Å². The first-order valence-corrected chi connectivity index (χ1v) is 5.86. The third kappa shape index (κ3) is 1.63. The molecule has 1 heterocycles. The largest absolute Gasteiger partial charge is 0.342 e. The highest BCUT2D eigenvalue weighted by Gasteiger charge is 2.47. The van der Waals surface area contributed by atoms with Crippen LogP contribution in [0.5, 0.6) is 0 Å². The maximum absolute atomic E-state index is 12.7. The standard InChI is InChI=1S/C11H9BrF2N2/c12-7-1-2-8-9(3-7)16-10(15-8)6-4-11(13,14)5-6/h1-3,6H,4-5H2,(H,15,16). The number of H-pyrrole nitrogens is 1. The van der Waals surface area contributed by atoms with Crippen LogP contribution in [0.1, 0.15) is 24.6 Å². The topological polar surface area (TPSA) is 28.7 Å². The van der Waals surface area contributed by atoms with Crippen LogP contribution in [0.2, 0.25) is 0 Å². The van der Waals surface area contributed by atoms with Gasteiger partial charge in [0.05, 0.1) is 11.0 Å². The van der Waals surface area contributed by atoms with Crippen LogP contribution in [0.25, 0.3) is 11.0 Å². The van der Waals surface area contributed by atoms with Crippen molar-refractivity contribution in [3.8, 4) is 0 Å². The van der Waals surface area contributed by atoms with E-state index in [-0.39, 0.29) is 18.8 Å². The van der Waals surface area contributed by atoms with E-state index in [4.69, 9.17) is 0 Å². The summed E-state index contributed by atoms with van der Waals surface area (Å²) in [5.74, 6) is -1.94. The van der Waals surface area contributed by atoms with Gasteiger partial charge in [0.25, 0.3) is 0 Å². The Balaban J connectivity index is 1.95. The molecule has 0 atom stereocenters. The van der Waals surface area contributed by atoms with Crippen LogP contribution < -0.4 is 0 Å². The lowest BCUT2D eigenvalue weighted by atomic mass is 9.81. The van der Waals surface area contributed by atoms with E-state index in [1.807, 2.05) is 18.2 Å². The molecule has 1 fully saturated rings. The Morgan fingerprint density at radius 3 is 2.81 bits per heavy atom. The molecule has 1 aliphatic carbocycles. The summed E-state index contributed by atoms with van der Waals surface area (Å²) < 4.78 is 26.4. The maximum Gasteiger partial charge on any atom is 0.249 e. The summed E-state index contributed by atoms with van der Waals surface area (Å²) in [5.41, 5.74) is 1.72. The quantitative estimate of drug-likeness (QED) is 0.848. The molecule has 0 saturated heterocycles. The minimum absolute atomic E-state index is 0.0893. The van der Waals surface area contributed by atoms with Crippen LogP contribution in [0.3, 0.4) is 0 Å². The first-order valence-electron chi connectivity index (χ1n) is 5.06. The molecule has 2 nitrogen and oxygen atoms in total. The van der Waals surface area contributed by atoms with Crippen molar-refractivity contribution in [3.05, 3.63) is 28.5 Å². The highest BCUT2D eigenvalue weighted by Crippen LogP contribution is 2.47. The molecule has 1 aliphatic rings. The Morgan fingerprint density at radius 2 is 2.12 bits per heavy atom. The number of nitrogens with one attached hydrogen (secondary N) is 1. The molecule has 0 amide bonds. The lowest BCUT2D eigenvalue weighted by Gasteiger charge is -2.33. The molecule has 0 unspecified atom stereocenters. The lowest BCUT2D eigenvalue weighted by molar-refractivity contribution is -0.0883. The SMILES string of the molecule is FC1(F)CC(c2nc3ccc(Br)cc3[nH]2)C1. The van der Waals surface area contributed by atoms with Crippen molar-refractivity contribution in [2.75, 3.05) is 0 Å². The number of rotatable bonds is 1. The normalized spacial score (nSPS) is 19.9. The zero-order valence-electron chi connectivity index (χ0n) is 8.30. The predicted molar refractivity (Wildman–Crippen MR) is 60.7 cm³/mol. The molecule has 2 aromatic rings. The van der Waals surface area contributed by atoms with Gasteiger partial charge in [0, 0.05) is 23.2 Å². The summed E-state index contributed by atoms with van der Waals surface area (Å²) in [4.78, 5) is 7.43. The molecule has 1 saturated carbocycles. The fourth-order valence-corrected chi connectivity index (χ4v) is 2.41. The fourth-order valence-electron chi connectivity index (χ4n) is 2.05. The molecular formula is C11H9BrF2N2. The van der Waals surface area contributed by atoms with Crippen molar-refractivity contribution in [3.63, 3.8) is 0 Å². The summed E-state index contributed by atoms with van der Waals surface area (Å²) in [6.07, 6.45) is -0.179. The number of hydrogen-bond acceptors (Lipinski definition) is 1. The molecular weight excluding hydrogens is 278 g/mol. The third-order valence-corrected chi connectivity index (χ3v) is 3.43. The number of alkyl halides is 2. The monoisotopic (exact) mass is 286 g/mol. The highest BCUT2D eigenvalue weighted by atomic mass is 79.9. The predicted octanol–water partition coefficient (Wildman–Crippen LogP) is 3.84. The zero-order valence-corrected chi connectivity index (χ0v) is 9.89. The van der Waals surface area contributed by atoms with Crippen LogP contribution in [0.15, 0.2) is 22.7 Å². The number of aromatic nitrogens is 2. The molecule has 5 heteroatoms. The minimum Gasteiger partial charge on any atom is -0.342 e. The fraction of sp³-hybridized carbons (Fsp3) is 0.364. The number of benzene rings is 1. The number of hydrogen-bond donors (Lipinski definition) is 1. The summed E-state index contributed by atoms with van der Waals surface area (Å²) in [7, 11) is 0. The van der Waals surface area contributed by atoms with E-state index >= 15 is 0 Å². The van der Waals surface area contributed by atoms with Crippen LogP contribution in [-0.4, -0.2) is 15.9 Å². The van der Waals surface area contributed by atoms with Gasteiger partial charge in [-0.2, -0.15) is 0 Å². The van der Waals surface area contributed by atoms with Crippen molar-refractivity contribution >= 4 is 27.0 Å². The van der Waals surface area contributed by atoms with Gasteiger partial charge in [-0.1, -0.05) is 15.9 Å². The van der Waals surface area contributed by atoms with Crippen LogP contribution >= 0.6 is 15.9 Å². The van der Waals surface area contributed by atoms with Gasteiger partial charge >= 0.3 is 0 Å². The van der Waals surface area contributed by atoms with Gasteiger partial charge in [0.2, 0.25) is 5.92 Å². The molecule has 0 aliphatic heterocycles. The van der Waals surface area contributed by atoms with Gasteiger partial charge in [0.15, 0.2) is 0 Å². The Labute approximate surface area is 99.2 Å². The molecule has 3 rings (SSSR count).